The van der Waals surface area contributed by atoms with Crippen LogP contribution in [0.3, 0.4) is 0 Å². The monoisotopic (exact) mass is 183 g/mol. The molecule has 0 aliphatic heterocycles. The Balaban J connectivity index is 3.08. The molecule has 0 saturated heterocycles. The van der Waals surface area contributed by atoms with Crippen LogP contribution in [0, 0.1) is 6.92 Å². The first-order chi connectivity index (χ1) is 5.45. The van der Waals surface area contributed by atoms with E-state index in [1.54, 1.807) is 0 Å². The summed E-state index contributed by atoms with van der Waals surface area (Å²) in [5.41, 5.74) is 0. The summed E-state index contributed by atoms with van der Waals surface area (Å²) in [5.74, 6) is 2.03. The summed E-state index contributed by atoms with van der Waals surface area (Å²) in [6, 6.07) is 0. The van der Waals surface area contributed by atoms with Gasteiger partial charge in [0.15, 0.2) is 8.24 Å². The lowest BCUT2D eigenvalue weighted by Gasteiger charge is -2.16. The van der Waals surface area contributed by atoms with E-state index >= 15 is 0 Å². The molecule has 1 heterocycles. The van der Waals surface area contributed by atoms with Crippen molar-refractivity contribution in [1.29, 1.82) is 0 Å². The Bertz CT molecular complexity index is 272. The average molecular weight is 183 g/mol. The van der Waals surface area contributed by atoms with Crippen LogP contribution in [-0.4, -0.2) is 22.7 Å². The van der Waals surface area contributed by atoms with Crippen LogP contribution in [0.2, 0.25) is 19.6 Å². The van der Waals surface area contributed by atoms with E-state index in [0.717, 1.165) is 18.1 Å². The molecule has 0 saturated carbocycles. The van der Waals surface area contributed by atoms with E-state index in [9.17, 15) is 0 Å². The van der Waals surface area contributed by atoms with Crippen molar-refractivity contribution in [2.75, 3.05) is 0 Å². The smallest absolute Gasteiger partial charge is 0.178 e. The van der Waals surface area contributed by atoms with E-state index < -0.39 is 8.24 Å². The van der Waals surface area contributed by atoms with Crippen molar-refractivity contribution in [2.24, 2.45) is 0 Å². The summed E-state index contributed by atoms with van der Waals surface area (Å²) < 4.78 is 2.12. The van der Waals surface area contributed by atoms with Crippen molar-refractivity contribution in [2.45, 2.75) is 39.9 Å². The van der Waals surface area contributed by atoms with Gasteiger partial charge < -0.3 is 0 Å². The molecule has 1 aromatic rings. The van der Waals surface area contributed by atoms with Gasteiger partial charge in [-0.2, -0.15) is 5.10 Å². The summed E-state index contributed by atoms with van der Waals surface area (Å²) >= 11 is 0. The number of aryl methyl sites for hydroxylation is 2. The van der Waals surface area contributed by atoms with Gasteiger partial charge in [-0.3, -0.25) is 4.35 Å². The molecular formula is C8H17N3Si. The molecule has 0 radical (unpaired) electrons. The third kappa shape index (κ3) is 1.74. The topological polar surface area (TPSA) is 30.7 Å². The van der Waals surface area contributed by atoms with Crippen LogP contribution < -0.4 is 0 Å². The van der Waals surface area contributed by atoms with Crippen molar-refractivity contribution in [1.82, 2.24) is 14.4 Å². The Kier molecular flexibility index (Phi) is 2.37. The standard InChI is InChI=1S/C8H17N3Si/c1-6-8-9-7(2)11(10-8)12(3,4)5/h6H2,1-5H3. The Morgan fingerprint density at radius 2 is 1.92 bits per heavy atom. The second-order valence-corrected chi connectivity index (χ2v) is 8.78. The minimum Gasteiger partial charge on any atom is -0.281 e. The highest BCUT2D eigenvalue weighted by Gasteiger charge is 2.20. The zero-order valence-electron chi connectivity index (χ0n) is 8.55. The number of nitrogens with zero attached hydrogens (tertiary/aromatic N) is 3. The summed E-state index contributed by atoms with van der Waals surface area (Å²) in [6.07, 6.45) is 0.929. The number of rotatable bonds is 2. The van der Waals surface area contributed by atoms with E-state index in [0.29, 0.717) is 0 Å². The van der Waals surface area contributed by atoms with Crippen molar-refractivity contribution in [3.05, 3.63) is 11.6 Å². The molecule has 0 aliphatic carbocycles. The molecule has 1 rings (SSSR count). The predicted molar refractivity (Wildman–Crippen MR) is 52.9 cm³/mol. The largest absolute Gasteiger partial charge is 0.281 e. The molecule has 0 aliphatic rings. The SMILES string of the molecule is CCc1nc(C)n([Si](C)(C)C)n1. The maximum atomic E-state index is 4.47. The zero-order chi connectivity index (χ0) is 9.35. The van der Waals surface area contributed by atoms with Crippen LogP contribution in [0.25, 0.3) is 0 Å². The first-order valence-electron chi connectivity index (χ1n) is 4.38. The minimum absolute atomic E-state index is 0.929. The van der Waals surface area contributed by atoms with Crippen LogP contribution in [0.15, 0.2) is 0 Å². The van der Waals surface area contributed by atoms with Crippen LogP contribution >= 0.6 is 0 Å². The number of hydrogen-bond donors (Lipinski definition) is 0. The lowest BCUT2D eigenvalue weighted by Crippen LogP contribution is -2.34. The van der Waals surface area contributed by atoms with Crippen molar-refractivity contribution in [3.63, 3.8) is 0 Å². The van der Waals surface area contributed by atoms with Gasteiger partial charge >= 0.3 is 0 Å². The Labute approximate surface area is 74.9 Å². The maximum absolute atomic E-state index is 4.47. The molecule has 0 atom stereocenters. The lowest BCUT2D eigenvalue weighted by molar-refractivity contribution is 0.860. The van der Waals surface area contributed by atoms with E-state index in [2.05, 4.69) is 41.0 Å². The first-order valence-corrected chi connectivity index (χ1v) is 7.83. The van der Waals surface area contributed by atoms with Gasteiger partial charge in [-0.25, -0.2) is 4.98 Å². The van der Waals surface area contributed by atoms with E-state index in [1.165, 1.54) is 0 Å². The molecule has 0 bridgehead atoms. The molecule has 0 aromatic carbocycles. The van der Waals surface area contributed by atoms with Gasteiger partial charge in [-0.15, -0.1) is 0 Å². The van der Waals surface area contributed by atoms with Gasteiger partial charge in [0.2, 0.25) is 0 Å². The average Bonchev–Trinajstić information content (AvgIpc) is 2.29. The quantitative estimate of drug-likeness (QED) is 0.655. The maximum Gasteiger partial charge on any atom is 0.178 e. The zero-order valence-corrected chi connectivity index (χ0v) is 9.55. The molecule has 3 nitrogen and oxygen atoms in total. The lowest BCUT2D eigenvalue weighted by atomic mass is 10.5. The number of hydrogen-bond acceptors (Lipinski definition) is 2. The second kappa shape index (κ2) is 3.01. The number of aromatic nitrogens is 3. The van der Waals surface area contributed by atoms with Crippen LogP contribution in [0.4, 0.5) is 0 Å². The molecule has 0 N–H and O–H groups in total. The highest BCUT2D eigenvalue weighted by Crippen LogP contribution is 2.08. The molecule has 0 fully saturated rings. The predicted octanol–water partition coefficient (Wildman–Crippen LogP) is 1.83. The Morgan fingerprint density at radius 1 is 1.33 bits per heavy atom. The molecule has 0 amide bonds. The summed E-state index contributed by atoms with van der Waals surface area (Å²) in [5, 5.41) is 4.47. The summed E-state index contributed by atoms with van der Waals surface area (Å²) in [7, 11) is -1.33. The molecule has 12 heavy (non-hydrogen) atoms. The Morgan fingerprint density at radius 3 is 2.17 bits per heavy atom. The van der Waals surface area contributed by atoms with E-state index in [4.69, 9.17) is 0 Å². The van der Waals surface area contributed by atoms with Crippen LogP contribution in [0.5, 0.6) is 0 Å². The van der Waals surface area contributed by atoms with Gasteiger partial charge in [0.1, 0.15) is 11.6 Å². The van der Waals surface area contributed by atoms with Crippen molar-refractivity contribution < 1.29 is 0 Å². The third-order valence-electron chi connectivity index (χ3n) is 1.76. The fourth-order valence-corrected chi connectivity index (χ4v) is 2.67. The first kappa shape index (κ1) is 9.44. The molecule has 68 valence electrons. The summed E-state index contributed by atoms with van der Waals surface area (Å²) in [4.78, 5) is 4.38. The highest BCUT2D eigenvalue weighted by molar-refractivity contribution is 6.74. The fraction of sp³-hybridized carbons (Fsp3) is 0.750. The van der Waals surface area contributed by atoms with Gasteiger partial charge in [0.05, 0.1) is 0 Å². The molecule has 0 unspecified atom stereocenters. The molecule has 4 heteroatoms. The van der Waals surface area contributed by atoms with Gasteiger partial charge in [-0.1, -0.05) is 6.92 Å². The van der Waals surface area contributed by atoms with Gasteiger partial charge in [-0.05, 0) is 26.6 Å². The van der Waals surface area contributed by atoms with Crippen LogP contribution in [0.1, 0.15) is 18.6 Å². The van der Waals surface area contributed by atoms with Gasteiger partial charge in [0, 0.05) is 6.42 Å². The van der Waals surface area contributed by atoms with Crippen molar-refractivity contribution in [3.8, 4) is 0 Å². The summed E-state index contributed by atoms with van der Waals surface area (Å²) in [6.45, 7) is 10.9. The Hall–Kier alpha value is -0.643. The second-order valence-electron chi connectivity index (χ2n) is 4.01. The molecule has 1 aromatic heterocycles. The van der Waals surface area contributed by atoms with Gasteiger partial charge in [0.25, 0.3) is 0 Å². The molecular weight excluding hydrogens is 166 g/mol. The van der Waals surface area contributed by atoms with E-state index in [-0.39, 0.29) is 0 Å². The third-order valence-corrected chi connectivity index (χ3v) is 3.46. The van der Waals surface area contributed by atoms with Crippen LogP contribution in [-0.2, 0) is 6.42 Å². The van der Waals surface area contributed by atoms with Crippen molar-refractivity contribution >= 4 is 8.24 Å². The normalized spacial score (nSPS) is 12.1. The minimum atomic E-state index is -1.33. The fourth-order valence-electron chi connectivity index (χ4n) is 1.23. The molecule has 0 spiro atoms. The highest BCUT2D eigenvalue weighted by atomic mass is 28.3. The van der Waals surface area contributed by atoms with E-state index in [1.807, 2.05) is 6.92 Å².